The highest BCUT2D eigenvalue weighted by Gasteiger charge is 2.31. The summed E-state index contributed by atoms with van der Waals surface area (Å²) in [6, 6.07) is 1.30. The molecular formula is C13H20N4O3. The van der Waals surface area contributed by atoms with Crippen LogP contribution in [0.2, 0.25) is 0 Å². The van der Waals surface area contributed by atoms with Crippen LogP contribution in [-0.2, 0) is 0 Å². The van der Waals surface area contributed by atoms with E-state index in [1.807, 2.05) is 0 Å². The molecule has 1 aromatic heterocycles. The number of piperidine rings is 1. The third kappa shape index (κ3) is 2.82. The van der Waals surface area contributed by atoms with Gasteiger partial charge in [-0.25, -0.2) is 0 Å². The van der Waals surface area contributed by atoms with E-state index < -0.39 is 4.92 Å². The average molecular weight is 280 g/mol. The Morgan fingerprint density at radius 2 is 2.40 bits per heavy atom. The number of aromatic amines is 1. The van der Waals surface area contributed by atoms with Gasteiger partial charge in [-0.2, -0.15) is 0 Å². The first-order valence-electron chi connectivity index (χ1n) is 6.90. The number of nitro groups is 1. The maximum absolute atomic E-state index is 12.4. The van der Waals surface area contributed by atoms with E-state index in [1.165, 1.54) is 12.3 Å². The molecule has 0 saturated carbocycles. The van der Waals surface area contributed by atoms with Crippen molar-refractivity contribution in [3.8, 4) is 0 Å². The van der Waals surface area contributed by atoms with E-state index >= 15 is 0 Å². The average Bonchev–Trinajstić information content (AvgIpc) is 2.95. The molecule has 1 aliphatic rings. The summed E-state index contributed by atoms with van der Waals surface area (Å²) in [5, 5.41) is 10.7. The molecular weight excluding hydrogens is 260 g/mol. The molecule has 7 heteroatoms. The van der Waals surface area contributed by atoms with Crippen LogP contribution in [0.25, 0.3) is 0 Å². The fraction of sp³-hybridized carbons (Fsp3) is 0.615. The minimum Gasteiger partial charge on any atom is -0.351 e. The van der Waals surface area contributed by atoms with E-state index in [0.29, 0.717) is 19.0 Å². The van der Waals surface area contributed by atoms with Gasteiger partial charge in [0.15, 0.2) is 0 Å². The Hall–Kier alpha value is -1.89. The maximum Gasteiger partial charge on any atom is 0.287 e. The topological polar surface area (TPSA) is 105 Å². The number of nitrogens with zero attached hydrogens (tertiary/aromatic N) is 2. The van der Waals surface area contributed by atoms with Gasteiger partial charge in [-0.3, -0.25) is 14.9 Å². The predicted molar refractivity (Wildman–Crippen MR) is 74.3 cm³/mol. The summed E-state index contributed by atoms with van der Waals surface area (Å²) in [5.74, 6) is 0.397. The normalized spacial score (nSPS) is 22.8. The number of aromatic nitrogens is 1. The van der Waals surface area contributed by atoms with Gasteiger partial charge in [0.2, 0.25) is 0 Å². The number of nitrogens with one attached hydrogen (secondary N) is 1. The smallest absolute Gasteiger partial charge is 0.287 e. The van der Waals surface area contributed by atoms with E-state index in [1.54, 1.807) is 4.90 Å². The molecule has 0 bridgehead atoms. The second kappa shape index (κ2) is 6.04. The van der Waals surface area contributed by atoms with E-state index in [0.717, 1.165) is 19.3 Å². The number of hydrogen-bond acceptors (Lipinski definition) is 4. The third-order valence-electron chi connectivity index (χ3n) is 4.04. The van der Waals surface area contributed by atoms with Crippen LogP contribution in [0.3, 0.4) is 0 Å². The summed E-state index contributed by atoms with van der Waals surface area (Å²) >= 11 is 0. The lowest BCUT2D eigenvalue weighted by Crippen LogP contribution is -2.49. The van der Waals surface area contributed by atoms with E-state index in [-0.39, 0.29) is 23.3 Å². The Morgan fingerprint density at radius 3 is 2.95 bits per heavy atom. The first kappa shape index (κ1) is 14.5. The number of carbonyl (C=O) groups is 1. The number of nitrogens with two attached hydrogens (primary N) is 1. The van der Waals surface area contributed by atoms with Gasteiger partial charge in [0, 0.05) is 25.2 Å². The molecule has 2 unspecified atom stereocenters. The van der Waals surface area contributed by atoms with Crippen LogP contribution in [-0.4, -0.2) is 39.8 Å². The zero-order chi connectivity index (χ0) is 14.7. The summed E-state index contributed by atoms with van der Waals surface area (Å²) in [7, 11) is 0. The predicted octanol–water partition coefficient (Wildman–Crippen LogP) is 1.51. The number of rotatable bonds is 4. The van der Waals surface area contributed by atoms with Crippen LogP contribution in [0.1, 0.15) is 36.7 Å². The summed E-state index contributed by atoms with van der Waals surface area (Å²) in [4.78, 5) is 27.0. The van der Waals surface area contributed by atoms with Crippen molar-refractivity contribution >= 4 is 11.6 Å². The van der Waals surface area contributed by atoms with E-state index in [4.69, 9.17) is 5.73 Å². The number of H-pyrrole nitrogens is 1. The van der Waals surface area contributed by atoms with Crippen molar-refractivity contribution < 1.29 is 9.72 Å². The Balaban J connectivity index is 2.12. The minimum atomic E-state index is -0.517. The van der Waals surface area contributed by atoms with Gasteiger partial charge in [-0.15, -0.1) is 0 Å². The second-order valence-corrected chi connectivity index (χ2v) is 5.22. The molecule has 1 aromatic rings. The molecule has 1 amide bonds. The minimum absolute atomic E-state index is 0.0172. The Bertz CT molecular complexity index is 500. The third-order valence-corrected chi connectivity index (χ3v) is 4.04. The molecule has 2 rings (SSSR count). The summed E-state index contributed by atoms with van der Waals surface area (Å²) in [6.45, 7) is 3.22. The van der Waals surface area contributed by atoms with Crippen molar-refractivity contribution in [2.24, 2.45) is 11.7 Å². The van der Waals surface area contributed by atoms with Crippen molar-refractivity contribution in [3.05, 3.63) is 28.1 Å². The molecule has 0 aliphatic carbocycles. The van der Waals surface area contributed by atoms with Gasteiger partial charge in [-0.1, -0.05) is 13.3 Å². The molecule has 1 aliphatic heterocycles. The van der Waals surface area contributed by atoms with Crippen molar-refractivity contribution in [1.29, 1.82) is 0 Å². The molecule has 110 valence electrons. The van der Waals surface area contributed by atoms with Crippen molar-refractivity contribution in [3.63, 3.8) is 0 Å². The SMILES string of the molecule is CCC1CCN(C(=O)c2cc([N+](=O)[O-])c[nH]2)C(CN)C1. The highest BCUT2D eigenvalue weighted by Crippen LogP contribution is 2.26. The molecule has 2 atom stereocenters. The Morgan fingerprint density at radius 1 is 1.65 bits per heavy atom. The van der Waals surface area contributed by atoms with Gasteiger partial charge >= 0.3 is 0 Å². The molecule has 20 heavy (non-hydrogen) atoms. The van der Waals surface area contributed by atoms with Gasteiger partial charge in [0.25, 0.3) is 11.6 Å². The van der Waals surface area contributed by atoms with Crippen molar-refractivity contribution in [1.82, 2.24) is 9.88 Å². The summed E-state index contributed by atoms with van der Waals surface area (Å²) < 4.78 is 0. The summed E-state index contributed by atoms with van der Waals surface area (Å²) in [6.07, 6.45) is 4.19. The quantitative estimate of drug-likeness (QED) is 0.644. The van der Waals surface area contributed by atoms with Gasteiger partial charge in [-0.05, 0) is 18.8 Å². The molecule has 7 nitrogen and oxygen atoms in total. The number of hydrogen-bond donors (Lipinski definition) is 2. The Kier molecular flexibility index (Phi) is 4.39. The standard InChI is InChI=1S/C13H20N4O3/c1-2-9-3-4-16(10(5-9)7-14)13(18)12-6-11(8-15-12)17(19)20/h6,8-10,15H,2-5,7,14H2,1H3. The maximum atomic E-state index is 12.4. The molecule has 0 radical (unpaired) electrons. The molecule has 3 N–H and O–H groups in total. The molecule has 0 spiro atoms. The van der Waals surface area contributed by atoms with Crippen molar-refractivity contribution in [2.45, 2.75) is 32.2 Å². The molecule has 1 fully saturated rings. The second-order valence-electron chi connectivity index (χ2n) is 5.22. The van der Waals surface area contributed by atoms with Crippen molar-refractivity contribution in [2.75, 3.05) is 13.1 Å². The zero-order valence-corrected chi connectivity index (χ0v) is 11.5. The van der Waals surface area contributed by atoms with Gasteiger partial charge < -0.3 is 15.6 Å². The first-order chi connectivity index (χ1) is 9.56. The molecule has 1 saturated heterocycles. The number of amides is 1. The lowest BCUT2D eigenvalue weighted by Gasteiger charge is -2.38. The van der Waals surface area contributed by atoms with Crippen LogP contribution >= 0.6 is 0 Å². The van der Waals surface area contributed by atoms with Crippen LogP contribution in [0.15, 0.2) is 12.3 Å². The van der Waals surface area contributed by atoms with Crippen LogP contribution in [0.5, 0.6) is 0 Å². The monoisotopic (exact) mass is 280 g/mol. The summed E-state index contributed by atoms with van der Waals surface area (Å²) in [5.41, 5.74) is 5.93. The fourth-order valence-corrected chi connectivity index (χ4v) is 2.76. The number of likely N-dealkylation sites (tertiary alicyclic amines) is 1. The number of carbonyl (C=O) groups excluding carboxylic acids is 1. The van der Waals surface area contributed by atoms with E-state index in [2.05, 4.69) is 11.9 Å². The van der Waals surface area contributed by atoms with Crippen LogP contribution in [0, 0.1) is 16.0 Å². The zero-order valence-electron chi connectivity index (χ0n) is 11.5. The van der Waals surface area contributed by atoms with Gasteiger partial charge in [0.1, 0.15) is 5.69 Å². The molecule has 0 aromatic carbocycles. The fourth-order valence-electron chi connectivity index (χ4n) is 2.76. The Labute approximate surface area is 117 Å². The first-order valence-corrected chi connectivity index (χ1v) is 6.90. The molecule has 2 heterocycles. The largest absolute Gasteiger partial charge is 0.351 e. The lowest BCUT2D eigenvalue weighted by molar-refractivity contribution is -0.384. The highest BCUT2D eigenvalue weighted by atomic mass is 16.6. The lowest BCUT2D eigenvalue weighted by atomic mass is 9.88. The van der Waals surface area contributed by atoms with Crippen LogP contribution < -0.4 is 5.73 Å². The van der Waals surface area contributed by atoms with E-state index in [9.17, 15) is 14.9 Å². The van der Waals surface area contributed by atoms with Crippen LogP contribution in [0.4, 0.5) is 5.69 Å². The highest BCUT2D eigenvalue weighted by molar-refractivity contribution is 5.93. The van der Waals surface area contributed by atoms with Gasteiger partial charge in [0.05, 0.1) is 11.1 Å².